The highest BCUT2D eigenvalue weighted by Crippen LogP contribution is 2.31. The number of rotatable bonds is 4. The van der Waals surface area contributed by atoms with Crippen molar-refractivity contribution < 1.29 is 4.79 Å². The van der Waals surface area contributed by atoms with E-state index >= 15 is 0 Å². The van der Waals surface area contributed by atoms with Gasteiger partial charge in [-0.15, -0.1) is 11.3 Å². The van der Waals surface area contributed by atoms with Crippen LogP contribution in [0.1, 0.15) is 34.2 Å². The summed E-state index contributed by atoms with van der Waals surface area (Å²) in [4.78, 5) is 17.4. The summed E-state index contributed by atoms with van der Waals surface area (Å²) >= 11 is 1.68. The Morgan fingerprint density at radius 1 is 1.11 bits per heavy atom. The number of fused-ring (bicyclic) bond motifs is 1. The maximum atomic E-state index is 12.7. The number of aromatic nitrogens is 3. The molecule has 0 spiro atoms. The third kappa shape index (κ3) is 3.31. The zero-order valence-electron chi connectivity index (χ0n) is 16.4. The summed E-state index contributed by atoms with van der Waals surface area (Å²) in [5.41, 5.74) is 6.33. The first-order valence-corrected chi connectivity index (χ1v) is 10.1. The van der Waals surface area contributed by atoms with E-state index in [2.05, 4.69) is 35.5 Å². The maximum Gasteiger partial charge on any atom is 0.259 e. The van der Waals surface area contributed by atoms with E-state index in [-0.39, 0.29) is 5.91 Å². The molecule has 4 rings (SSSR count). The third-order valence-electron chi connectivity index (χ3n) is 4.84. The highest BCUT2D eigenvalue weighted by Gasteiger charge is 2.18. The van der Waals surface area contributed by atoms with E-state index in [9.17, 15) is 4.79 Å². The van der Waals surface area contributed by atoms with Crippen LogP contribution in [-0.4, -0.2) is 20.7 Å². The van der Waals surface area contributed by atoms with Gasteiger partial charge < -0.3 is 5.32 Å². The summed E-state index contributed by atoms with van der Waals surface area (Å²) in [5.74, 6) is -0.127. The number of benzene rings is 2. The Labute approximate surface area is 168 Å². The zero-order valence-corrected chi connectivity index (χ0v) is 17.2. The van der Waals surface area contributed by atoms with Gasteiger partial charge in [0.25, 0.3) is 5.91 Å². The number of hydrogen-bond donors (Lipinski definition) is 1. The lowest BCUT2D eigenvalue weighted by Crippen LogP contribution is -2.14. The van der Waals surface area contributed by atoms with Crippen LogP contribution < -0.4 is 5.32 Å². The van der Waals surface area contributed by atoms with Gasteiger partial charge in [-0.05, 0) is 69.7 Å². The minimum absolute atomic E-state index is 0.127. The molecule has 0 atom stereocenters. The van der Waals surface area contributed by atoms with E-state index in [1.54, 1.807) is 11.3 Å². The molecular weight excluding hydrogens is 368 g/mol. The van der Waals surface area contributed by atoms with Crippen molar-refractivity contribution in [3.8, 4) is 10.6 Å². The average molecular weight is 391 g/mol. The summed E-state index contributed by atoms with van der Waals surface area (Å²) in [6, 6.07) is 14.1. The van der Waals surface area contributed by atoms with Crippen LogP contribution in [-0.2, 0) is 6.54 Å². The molecule has 28 heavy (non-hydrogen) atoms. The lowest BCUT2D eigenvalue weighted by Gasteiger charge is -2.07. The molecule has 0 bridgehead atoms. The van der Waals surface area contributed by atoms with Gasteiger partial charge in [-0.2, -0.15) is 5.10 Å². The smallest absolute Gasteiger partial charge is 0.259 e. The van der Waals surface area contributed by atoms with Crippen LogP contribution in [0.5, 0.6) is 0 Å². The summed E-state index contributed by atoms with van der Waals surface area (Å²) < 4.78 is 3.04. The van der Waals surface area contributed by atoms with E-state index in [0.29, 0.717) is 5.56 Å². The van der Waals surface area contributed by atoms with E-state index in [1.807, 2.05) is 49.7 Å². The van der Waals surface area contributed by atoms with E-state index < -0.39 is 0 Å². The number of nitrogens with zero attached hydrogens (tertiary/aromatic N) is 3. The van der Waals surface area contributed by atoms with Crippen molar-refractivity contribution in [3.05, 3.63) is 65.0 Å². The molecule has 0 saturated carbocycles. The molecule has 2 aromatic carbocycles. The van der Waals surface area contributed by atoms with Gasteiger partial charge in [-0.25, -0.2) is 4.98 Å². The van der Waals surface area contributed by atoms with Gasteiger partial charge in [-0.1, -0.05) is 6.07 Å². The molecule has 1 N–H and O–H groups in total. The predicted molar refractivity (Wildman–Crippen MR) is 115 cm³/mol. The normalized spacial score (nSPS) is 11.1. The van der Waals surface area contributed by atoms with Gasteiger partial charge in [0.1, 0.15) is 5.01 Å². The number of anilines is 1. The molecule has 0 radical (unpaired) electrons. The van der Waals surface area contributed by atoms with Crippen molar-refractivity contribution in [2.24, 2.45) is 0 Å². The molecule has 2 heterocycles. The van der Waals surface area contributed by atoms with Crippen molar-refractivity contribution in [1.29, 1.82) is 0 Å². The molecule has 0 fully saturated rings. The van der Waals surface area contributed by atoms with E-state index in [4.69, 9.17) is 4.98 Å². The maximum absolute atomic E-state index is 12.7. The molecule has 0 aliphatic rings. The second-order valence-electron chi connectivity index (χ2n) is 6.88. The number of carbonyl (C=O) groups is 1. The molecule has 5 nitrogen and oxygen atoms in total. The second kappa shape index (κ2) is 7.20. The number of carbonyl (C=O) groups excluding carboxylic acids is 1. The highest BCUT2D eigenvalue weighted by atomic mass is 32.1. The van der Waals surface area contributed by atoms with Gasteiger partial charge in [0.2, 0.25) is 0 Å². The van der Waals surface area contributed by atoms with Gasteiger partial charge in [0, 0.05) is 23.5 Å². The Kier molecular flexibility index (Phi) is 4.73. The van der Waals surface area contributed by atoms with Crippen molar-refractivity contribution >= 4 is 33.1 Å². The molecule has 1 amide bonds. The first kappa shape index (κ1) is 18.4. The van der Waals surface area contributed by atoms with Crippen LogP contribution in [0, 0.1) is 20.8 Å². The molecule has 142 valence electrons. The van der Waals surface area contributed by atoms with Crippen LogP contribution in [0.25, 0.3) is 20.8 Å². The zero-order chi connectivity index (χ0) is 19.8. The summed E-state index contributed by atoms with van der Waals surface area (Å²) in [5, 5.41) is 8.38. The Hall–Kier alpha value is -2.99. The number of amides is 1. The van der Waals surface area contributed by atoms with Crippen LogP contribution in [0.15, 0.2) is 42.5 Å². The monoisotopic (exact) mass is 390 g/mol. The van der Waals surface area contributed by atoms with Crippen LogP contribution in [0.4, 0.5) is 5.69 Å². The summed E-state index contributed by atoms with van der Waals surface area (Å²) in [6.07, 6.45) is 0. The fourth-order valence-corrected chi connectivity index (χ4v) is 4.45. The molecule has 6 heteroatoms. The molecule has 2 aromatic heterocycles. The molecular formula is C22H22N4OS. The predicted octanol–water partition coefficient (Wildman–Crippen LogP) is 5.36. The minimum atomic E-state index is -0.127. The molecule has 4 aromatic rings. The lowest BCUT2D eigenvalue weighted by atomic mass is 10.1. The molecule has 0 aliphatic heterocycles. The lowest BCUT2D eigenvalue weighted by molar-refractivity contribution is 0.102. The van der Waals surface area contributed by atoms with Gasteiger partial charge >= 0.3 is 0 Å². The number of aryl methyl sites for hydroxylation is 3. The SMILES string of the molecule is CCn1nc(C)c(C(=O)Nc2ccc(-c3nc4ccc(C)cc4s3)cc2)c1C. The second-order valence-corrected chi connectivity index (χ2v) is 7.91. The quantitative estimate of drug-likeness (QED) is 0.510. The highest BCUT2D eigenvalue weighted by molar-refractivity contribution is 7.21. The van der Waals surface area contributed by atoms with Crippen molar-refractivity contribution in [1.82, 2.24) is 14.8 Å². The van der Waals surface area contributed by atoms with Crippen LogP contribution in [0.2, 0.25) is 0 Å². The largest absolute Gasteiger partial charge is 0.322 e. The Bertz CT molecular complexity index is 1170. The summed E-state index contributed by atoms with van der Waals surface area (Å²) in [6.45, 7) is 8.64. The average Bonchev–Trinajstić information content (AvgIpc) is 3.22. The fraction of sp³-hybridized carbons (Fsp3) is 0.227. The van der Waals surface area contributed by atoms with Crippen molar-refractivity contribution in [2.45, 2.75) is 34.2 Å². The topological polar surface area (TPSA) is 59.8 Å². The molecule has 0 unspecified atom stereocenters. The Morgan fingerprint density at radius 2 is 1.86 bits per heavy atom. The number of hydrogen-bond acceptors (Lipinski definition) is 4. The third-order valence-corrected chi connectivity index (χ3v) is 5.91. The van der Waals surface area contributed by atoms with Crippen LogP contribution >= 0.6 is 11.3 Å². The molecule has 0 aliphatic carbocycles. The van der Waals surface area contributed by atoms with Crippen molar-refractivity contribution in [2.75, 3.05) is 5.32 Å². The minimum Gasteiger partial charge on any atom is -0.322 e. The van der Waals surface area contributed by atoms with E-state index in [0.717, 1.165) is 39.7 Å². The summed E-state index contributed by atoms with van der Waals surface area (Å²) in [7, 11) is 0. The van der Waals surface area contributed by atoms with Gasteiger partial charge in [0.15, 0.2) is 0 Å². The Balaban J connectivity index is 1.56. The standard InChI is InChI=1S/C22H22N4OS/c1-5-26-15(4)20(14(3)25-26)21(27)23-17-9-7-16(8-10-17)22-24-18-11-6-13(2)12-19(18)28-22/h6-12H,5H2,1-4H3,(H,23,27). The van der Waals surface area contributed by atoms with Crippen LogP contribution in [0.3, 0.4) is 0 Å². The Morgan fingerprint density at radius 3 is 2.54 bits per heavy atom. The molecule has 0 saturated heterocycles. The van der Waals surface area contributed by atoms with Gasteiger partial charge in [0.05, 0.1) is 21.5 Å². The first-order chi connectivity index (χ1) is 13.5. The van der Waals surface area contributed by atoms with Crippen molar-refractivity contribution in [3.63, 3.8) is 0 Å². The number of thiazole rings is 1. The first-order valence-electron chi connectivity index (χ1n) is 9.29. The van der Waals surface area contributed by atoms with E-state index in [1.165, 1.54) is 10.3 Å². The van der Waals surface area contributed by atoms with Gasteiger partial charge in [-0.3, -0.25) is 9.48 Å². The fourth-order valence-electron chi connectivity index (χ4n) is 3.38. The number of nitrogens with one attached hydrogen (secondary N) is 1.